The first kappa shape index (κ1) is 15.2. The number of carboxylic acids is 1. The summed E-state index contributed by atoms with van der Waals surface area (Å²) < 4.78 is 0. The number of allylic oxidation sites excluding steroid dienone is 2. The van der Waals surface area contributed by atoms with E-state index in [0.717, 1.165) is 24.1 Å². The molecule has 0 bridgehead atoms. The Labute approximate surface area is 117 Å². The third-order valence-electron chi connectivity index (χ3n) is 2.97. The van der Waals surface area contributed by atoms with Crippen molar-refractivity contribution in [3.8, 4) is 6.07 Å². The number of rotatable bonds is 7. The molecule has 98 valence electrons. The smallest absolute Gasteiger partial charge is 0.303 e. The first-order chi connectivity index (χ1) is 8.54. The van der Waals surface area contributed by atoms with Crippen molar-refractivity contribution in [2.45, 2.75) is 39.0 Å². The van der Waals surface area contributed by atoms with Crippen LogP contribution >= 0.6 is 24.0 Å². The summed E-state index contributed by atoms with van der Waals surface area (Å²) in [6, 6.07) is 2.33. The molecule has 0 spiro atoms. The molecule has 0 radical (unpaired) electrons. The molecule has 0 fully saturated rings. The Balaban J connectivity index is 2.52. The molecule has 3 nitrogen and oxygen atoms in total. The lowest BCUT2D eigenvalue weighted by molar-refractivity contribution is -0.137. The average Bonchev–Trinajstić information content (AvgIpc) is 2.78. The lowest BCUT2D eigenvalue weighted by Crippen LogP contribution is -2.25. The van der Waals surface area contributed by atoms with Gasteiger partial charge in [-0.15, -0.1) is 11.8 Å². The van der Waals surface area contributed by atoms with E-state index in [1.165, 1.54) is 4.91 Å². The number of hydrogen-bond donors (Lipinski definition) is 1. The number of unbranched alkanes of at least 4 members (excludes halogenated alkanes) is 1. The average molecular weight is 283 g/mol. The van der Waals surface area contributed by atoms with Crippen LogP contribution in [0.15, 0.2) is 11.0 Å². The lowest BCUT2D eigenvalue weighted by Gasteiger charge is -2.17. The predicted octanol–water partition coefficient (Wildman–Crippen LogP) is 3.55. The van der Waals surface area contributed by atoms with Crippen molar-refractivity contribution in [1.29, 1.82) is 5.26 Å². The summed E-state index contributed by atoms with van der Waals surface area (Å²) in [5.41, 5.74) is -0.573. The highest BCUT2D eigenvalue weighted by molar-refractivity contribution is 8.03. The molecule has 0 aromatic rings. The van der Waals surface area contributed by atoms with E-state index in [1.807, 2.05) is 13.0 Å². The van der Waals surface area contributed by atoms with Crippen LogP contribution in [-0.4, -0.2) is 21.7 Å². The second kappa shape index (κ2) is 6.91. The number of aliphatic carboxylic acids is 1. The van der Waals surface area contributed by atoms with Gasteiger partial charge in [-0.3, -0.25) is 4.79 Å². The van der Waals surface area contributed by atoms with Crippen LogP contribution in [0.4, 0.5) is 0 Å². The molecule has 1 N–H and O–H groups in total. The highest BCUT2D eigenvalue weighted by Crippen LogP contribution is 2.42. The van der Waals surface area contributed by atoms with Gasteiger partial charge in [-0.1, -0.05) is 19.1 Å². The number of nitrogens with zero attached hydrogens (tertiary/aromatic N) is 1. The van der Waals surface area contributed by atoms with E-state index in [-0.39, 0.29) is 6.42 Å². The minimum atomic E-state index is -0.749. The van der Waals surface area contributed by atoms with E-state index >= 15 is 0 Å². The summed E-state index contributed by atoms with van der Waals surface area (Å²) in [7, 11) is 0. The maximum Gasteiger partial charge on any atom is 0.303 e. The zero-order chi connectivity index (χ0) is 13.6. The van der Waals surface area contributed by atoms with Crippen LogP contribution in [0, 0.1) is 16.7 Å². The van der Waals surface area contributed by atoms with E-state index in [4.69, 9.17) is 17.3 Å². The van der Waals surface area contributed by atoms with Crippen LogP contribution in [0.3, 0.4) is 0 Å². The third-order valence-corrected chi connectivity index (χ3v) is 4.92. The van der Waals surface area contributed by atoms with Gasteiger partial charge in [0.15, 0.2) is 0 Å². The number of thioether (sulfide) groups is 1. The minimum Gasteiger partial charge on any atom is -0.481 e. The number of thiocarbonyl (C=S) groups is 1. The van der Waals surface area contributed by atoms with E-state index < -0.39 is 11.4 Å². The van der Waals surface area contributed by atoms with Gasteiger partial charge >= 0.3 is 5.97 Å². The van der Waals surface area contributed by atoms with Gasteiger partial charge in [0.05, 0.1) is 6.07 Å². The molecule has 0 saturated heterocycles. The van der Waals surface area contributed by atoms with Crippen molar-refractivity contribution in [1.82, 2.24) is 0 Å². The van der Waals surface area contributed by atoms with Crippen molar-refractivity contribution in [3.63, 3.8) is 0 Å². The van der Waals surface area contributed by atoms with Crippen LogP contribution in [0.5, 0.6) is 0 Å². The van der Waals surface area contributed by atoms with Gasteiger partial charge in [0.2, 0.25) is 0 Å². The van der Waals surface area contributed by atoms with Gasteiger partial charge in [0.1, 0.15) is 5.41 Å². The molecular weight excluding hydrogens is 266 g/mol. The molecule has 1 aliphatic rings. The van der Waals surface area contributed by atoms with E-state index in [9.17, 15) is 10.1 Å². The molecule has 0 saturated carbocycles. The Bertz CT molecular complexity index is 412. The SMILES string of the molecule is CCC(=S)C1(C#N)C=C(CCCCC(=O)O)SC1. The summed E-state index contributed by atoms with van der Waals surface area (Å²) in [5, 5.41) is 17.9. The molecule has 0 aliphatic carbocycles. The van der Waals surface area contributed by atoms with Crippen LogP contribution in [0.25, 0.3) is 0 Å². The Morgan fingerprint density at radius 2 is 2.39 bits per heavy atom. The molecule has 1 aliphatic heterocycles. The lowest BCUT2D eigenvalue weighted by atomic mass is 9.86. The molecule has 1 rings (SSSR count). The summed E-state index contributed by atoms with van der Waals surface area (Å²) in [5.74, 6) is -0.0358. The zero-order valence-electron chi connectivity index (χ0n) is 10.4. The first-order valence-corrected chi connectivity index (χ1v) is 7.44. The van der Waals surface area contributed by atoms with Crippen molar-refractivity contribution < 1.29 is 9.90 Å². The number of carboxylic acid groups (broad SMARTS) is 1. The molecule has 0 aromatic heterocycles. The van der Waals surface area contributed by atoms with Crippen LogP contribution in [-0.2, 0) is 4.79 Å². The largest absolute Gasteiger partial charge is 0.481 e. The van der Waals surface area contributed by atoms with Gasteiger partial charge in [-0.05, 0) is 36.7 Å². The summed E-state index contributed by atoms with van der Waals surface area (Å²) in [4.78, 5) is 12.4. The zero-order valence-corrected chi connectivity index (χ0v) is 12.1. The maximum absolute atomic E-state index is 10.4. The minimum absolute atomic E-state index is 0.217. The number of nitriles is 1. The second-order valence-electron chi connectivity index (χ2n) is 4.36. The molecule has 18 heavy (non-hydrogen) atoms. The molecular formula is C13H17NO2S2. The van der Waals surface area contributed by atoms with Crippen molar-refractivity contribution in [2.24, 2.45) is 5.41 Å². The standard InChI is InChI=1S/C13H17NO2S2/c1-2-11(17)13(8-14)7-10(18-9-13)5-3-4-6-12(15)16/h7H,2-6,9H2,1H3,(H,15,16). The topological polar surface area (TPSA) is 61.1 Å². The highest BCUT2D eigenvalue weighted by Gasteiger charge is 2.36. The van der Waals surface area contributed by atoms with Gasteiger partial charge in [-0.25, -0.2) is 0 Å². The highest BCUT2D eigenvalue weighted by atomic mass is 32.2. The fourth-order valence-electron chi connectivity index (χ4n) is 1.89. The summed E-state index contributed by atoms with van der Waals surface area (Å²) in [6.45, 7) is 1.98. The Morgan fingerprint density at radius 1 is 1.67 bits per heavy atom. The second-order valence-corrected chi connectivity index (χ2v) is 5.95. The van der Waals surface area contributed by atoms with Crippen molar-refractivity contribution >= 4 is 34.8 Å². The normalized spacial score (nSPS) is 22.3. The van der Waals surface area contributed by atoms with Gasteiger partial charge in [-0.2, -0.15) is 5.26 Å². The fraction of sp³-hybridized carbons (Fsp3) is 0.615. The molecule has 0 aromatic carbocycles. The number of hydrogen-bond acceptors (Lipinski definition) is 4. The predicted molar refractivity (Wildman–Crippen MR) is 77.6 cm³/mol. The molecule has 1 atom stereocenters. The Kier molecular flexibility index (Phi) is 5.83. The monoisotopic (exact) mass is 283 g/mol. The van der Waals surface area contributed by atoms with Crippen molar-refractivity contribution in [3.05, 3.63) is 11.0 Å². The quantitative estimate of drug-likeness (QED) is 0.572. The van der Waals surface area contributed by atoms with Crippen LogP contribution < -0.4 is 0 Å². The van der Waals surface area contributed by atoms with Crippen LogP contribution in [0.1, 0.15) is 39.0 Å². The fourth-order valence-corrected chi connectivity index (χ4v) is 3.46. The Hall–Kier alpha value is -0.860. The molecule has 1 unspecified atom stereocenters. The Morgan fingerprint density at radius 3 is 2.94 bits per heavy atom. The molecule has 5 heteroatoms. The first-order valence-electron chi connectivity index (χ1n) is 6.05. The third kappa shape index (κ3) is 3.82. The summed E-state index contributed by atoms with van der Waals surface area (Å²) >= 11 is 6.97. The maximum atomic E-state index is 10.4. The van der Waals surface area contributed by atoms with Crippen LogP contribution in [0.2, 0.25) is 0 Å². The van der Waals surface area contributed by atoms with E-state index in [1.54, 1.807) is 11.8 Å². The van der Waals surface area contributed by atoms with Gasteiger partial charge < -0.3 is 5.11 Å². The van der Waals surface area contributed by atoms with Gasteiger partial charge in [0.25, 0.3) is 0 Å². The summed E-state index contributed by atoms with van der Waals surface area (Å²) in [6.07, 6.45) is 5.34. The number of carbonyl (C=O) groups is 1. The van der Waals surface area contributed by atoms with Crippen molar-refractivity contribution in [2.75, 3.05) is 5.75 Å². The van der Waals surface area contributed by atoms with Gasteiger partial charge in [0, 0.05) is 17.0 Å². The molecule has 0 amide bonds. The van der Waals surface area contributed by atoms with E-state index in [2.05, 4.69) is 6.07 Å². The molecule has 1 heterocycles. The van der Waals surface area contributed by atoms with E-state index in [0.29, 0.717) is 12.2 Å².